The molecule has 1 N–H and O–H groups in total. The molecular weight excluding hydrogens is 683 g/mol. The number of fused-ring (bicyclic) bond motifs is 1. The van der Waals surface area contributed by atoms with Crippen LogP contribution in [0, 0.1) is 37.2 Å². The Morgan fingerprint density at radius 2 is 1.61 bits per heavy atom. The predicted octanol–water partition coefficient (Wildman–Crippen LogP) is 10.3. The average Bonchev–Trinajstić information content (AvgIpc) is 3.35. The molecule has 1 fully saturated rings. The van der Waals surface area contributed by atoms with E-state index in [9.17, 15) is 9.90 Å². The quantitative estimate of drug-likeness (QED) is 0.128. The summed E-state index contributed by atoms with van der Waals surface area (Å²) in [5.74, 6) is 0.547. The molecule has 1 heterocycles. The summed E-state index contributed by atoms with van der Waals surface area (Å²) in [5, 5.41) is 12.3. The Morgan fingerprint density at radius 1 is 0.976 bits per heavy atom. The number of nitrogens with zero attached hydrogens (tertiary/aromatic N) is 1. The van der Waals surface area contributed by atoms with Crippen molar-refractivity contribution in [2.75, 3.05) is 0 Å². The number of carbonyl (C=O) groups is 1. The SMILES string of the molecule is CCC(CC)C(=O)/C=C(\O)C(CC)CC.Cc1[c-]c(-c2nccc3cc(CC4(C)CCCC4)ccc23)cc(C)c1.[Ir]. The van der Waals surface area contributed by atoms with E-state index in [1.807, 2.05) is 33.9 Å². The van der Waals surface area contributed by atoms with Crippen LogP contribution in [0.2, 0.25) is 0 Å². The van der Waals surface area contributed by atoms with Gasteiger partial charge in [-0.1, -0.05) is 79.5 Å². The van der Waals surface area contributed by atoms with Gasteiger partial charge in [-0.05, 0) is 78.5 Å². The third-order valence-corrected chi connectivity index (χ3v) is 8.76. The van der Waals surface area contributed by atoms with Crippen LogP contribution in [-0.4, -0.2) is 15.9 Å². The minimum atomic E-state index is 0. The Kier molecular flexibility index (Phi) is 13.9. The van der Waals surface area contributed by atoms with E-state index >= 15 is 0 Å². The molecule has 3 nitrogen and oxygen atoms in total. The second kappa shape index (κ2) is 16.4. The topological polar surface area (TPSA) is 50.2 Å². The van der Waals surface area contributed by atoms with Gasteiger partial charge in [-0.15, -0.1) is 34.9 Å². The minimum absolute atomic E-state index is 0. The van der Waals surface area contributed by atoms with Crippen molar-refractivity contribution in [2.24, 2.45) is 17.3 Å². The average molecular weight is 733 g/mol. The van der Waals surface area contributed by atoms with Crippen LogP contribution in [0.5, 0.6) is 0 Å². The molecule has 1 saturated carbocycles. The maximum atomic E-state index is 11.7. The third-order valence-electron chi connectivity index (χ3n) is 8.76. The van der Waals surface area contributed by atoms with E-state index in [1.165, 1.54) is 65.6 Å². The number of hydrogen-bond acceptors (Lipinski definition) is 3. The Bertz CT molecular complexity index is 1280. The summed E-state index contributed by atoms with van der Waals surface area (Å²) < 4.78 is 0. The van der Waals surface area contributed by atoms with Gasteiger partial charge in [0.15, 0.2) is 5.78 Å². The number of ketones is 1. The monoisotopic (exact) mass is 733 g/mol. The fraction of sp³-hybridized carbons (Fsp3) is 0.514. The Morgan fingerprint density at radius 3 is 2.20 bits per heavy atom. The van der Waals surface area contributed by atoms with Crippen molar-refractivity contribution in [1.29, 1.82) is 0 Å². The van der Waals surface area contributed by atoms with Gasteiger partial charge in [-0.2, -0.15) is 0 Å². The van der Waals surface area contributed by atoms with Crippen molar-refractivity contribution in [3.05, 3.63) is 77.2 Å². The van der Waals surface area contributed by atoms with Crippen molar-refractivity contribution in [3.63, 3.8) is 0 Å². The first-order chi connectivity index (χ1) is 19.1. The van der Waals surface area contributed by atoms with Gasteiger partial charge in [-0.25, -0.2) is 0 Å². The van der Waals surface area contributed by atoms with Gasteiger partial charge < -0.3 is 10.1 Å². The van der Waals surface area contributed by atoms with E-state index in [2.05, 4.69) is 68.2 Å². The summed E-state index contributed by atoms with van der Waals surface area (Å²) in [6.45, 7) is 14.8. The van der Waals surface area contributed by atoms with E-state index in [1.54, 1.807) is 0 Å². The maximum Gasteiger partial charge on any atom is 0.162 e. The van der Waals surface area contributed by atoms with E-state index in [4.69, 9.17) is 0 Å². The molecule has 4 rings (SSSR count). The summed E-state index contributed by atoms with van der Waals surface area (Å²) in [5.41, 5.74) is 6.51. The first-order valence-electron chi connectivity index (χ1n) is 15.5. The normalized spacial score (nSPS) is 14.6. The number of aliphatic hydroxyl groups is 1. The largest absolute Gasteiger partial charge is 0.512 e. The van der Waals surface area contributed by atoms with Crippen molar-refractivity contribution < 1.29 is 30.0 Å². The molecule has 41 heavy (non-hydrogen) atoms. The van der Waals surface area contributed by atoms with Crippen molar-refractivity contribution in [1.82, 2.24) is 4.98 Å². The molecule has 0 saturated heterocycles. The van der Waals surface area contributed by atoms with Gasteiger partial charge in [0.05, 0.1) is 5.76 Å². The number of pyridine rings is 1. The summed E-state index contributed by atoms with van der Waals surface area (Å²) in [6.07, 6.45) is 13.5. The maximum absolute atomic E-state index is 11.7. The van der Waals surface area contributed by atoms with E-state index in [0.717, 1.165) is 36.9 Å². The molecule has 2 aromatic carbocycles. The van der Waals surface area contributed by atoms with Crippen LogP contribution in [0.1, 0.15) is 103 Å². The van der Waals surface area contributed by atoms with Crippen LogP contribution in [-0.2, 0) is 31.3 Å². The second-order valence-corrected chi connectivity index (χ2v) is 12.2. The number of carbonyl (C=O) groups excluding carboxylic acids is 1. The summed E-state index contributed by atoms with van der Waals surface area (Å²) in [6, 6.07) is 16.9. The van der Waals surface area contributed by atoms with Crippen LogP contribution in [0.15, 0.2) is 54.4 Å². The summed E-state index contributed by atoms with van der Waals surface area (Å²) in [4.78, 5) is 16.4. The first kappa shape index (κ1) is 34.9. The standard InChI is InChI=1S/C24H26N.C13H24O2.Ir/c1-17-12-18(2)14-21(13-17)23-22-7-6-19(15-20(22)8-11-25-23)16-24(3)9-4-5-10-24;1-5-10(6-2)12(14)9-13(15)11(7-3)8-4;/h6-8,11-13,15H,4-5,9-10,16H2,1-3H3;9-11,14H,5-8H2,1-4H3;/q-1;;/b;12-9-;. The molecule has 0 spiro atoms. The zero-order valence-electron chi connectivity index (χ0n) is 26.3. The van der Waals surface area contributed by atoms with Crippen molar-refractivity contribution in [3.8, 4) is 11.3 Å². The molecule has 225 valence electrons. The Balaban J connectivity index is 0.000000320. The molecule has 0 atom stereocenters. The molecule has 1 aliphatic rings. The number of benzene rings is 2. The number of hydrogen-bond donors (Lipinski definition) is 1. The third kappa shape index (κ3) is 9.62. The van der Waals surface area contributed by atoms with Crippen molar-refractivity contribution in [2.45, 2.75) is 106 Å². The van der Waals surface area contributed by atoms with Gasteiger partial charge >= 0.3 is 0 Å². The van der Waals surface area contributed by atoms with Crippen LogP contribution >= 0.6 is 0 Å². The van der Waals surface area contributed by atoms with Gasteiger partial charge in [0, 0.05) is 44.2 Å². The number of aliphatic hydroxyl groups excluding tert-OH is 1. The number of allylic oxidation sites excluding steroid dienone is 2. The molecule has 0 amide bonds. The van der Waals surface area contributed by atoms with Gasteiger partial charge in [0.25, 0.3) is 0 Å². The molecule has 0 aliphatic heterocycles. The summed E-state index contributed by atoms with van der Waals surface area (Å²) in [7, 11) is 0. The molecule has 1 aliphatic carbocycles. The van der Waals surface area contributed by atoms with Crippen LogP contribution in [0.4, 0.5) is 0 Å². The Hall–Kier alpha value is -2.29. The smallest absolute Gasteiger partial charge is 0.162 e. The van der Waals surface area contributed by atoms with Crippen molar-refractivity contribution >= 4 is 16.6 Å². The Labute approximate surface area is 262 Å². The van der Waals surface area contributed by atoms with Crippen LogP contribution in [0.3, 0.4) is 0 Å². The van der Waals surface area contributed by atoms with Crippen LogP contribution < -0.4 is 0 Å². The molecule has 0 unspecified atom stereocenters. The fourth-order valence-corrected chi connectivity index (χ4v) is 6.25. The van der Waals surface area contributed by atoms with E-state index < -0.39 is 0 Å². The molecule has 1 aromatic heterocycles. The van der Waals surface area contributed by atoms with E-state index in [-0.39, 0.29) is 43.5 Å². The van der Waals surface area contributed by atoms with Crippen LogP contribution in [0.25, 0.3) is 22.0 Å². The van der Waals surface area contributed by atoms with Gasteiger partial charge in [-0.3, -0.25) is 4.79 Å². The van der Waals surface area contributed by atoms with Gasteiger partial charge in [0.2, 0.25) is 0 Å². The fourth-order valence-electron chi connectivity index (χ4n) is 6.25. The zero-order valence-corrected chi connectivity index (χ0v) is 28.7. The summed E-state index contributed by atoms with van der Waals surface area (Å²) >= 11 is 0. The molecular formula is C37H50IrNO2-. The number of aryl methyl sites for hydroxylation is 2. The molecule has 3 aromatic rings. The molecule has 0 bridgehead atoms. The molecule has 4 heteroatoms. The number of aromatic nitrogens is 1. The van der Waals surface area contributed by atoms with E-state index in [0.29, 0.717) is 5.41 Å². The van der Waals surface area contributed by atoms with Gasteiger partial charge in [0.1, 0.15) is 0 Å². The number of rotatable bonds is 10. The molecule has 1 radical (unpaired) electrons. The first-order valence-corrected chi connectivity index (χ1v) is 15.5. The minimum Gasteiger partial charge on any atom is -0.512 e. The predicted molar refractivity (Wildman–Crippen MR) is 170 cm³/mol. The zero-order chi connectivity index (χ0) is 29.3. The second-order valence-electron chi connectivity index (χ2n) is 12.2.